The van der Waals surface area contributed by atoms with Gasteiger partial charge in [-0.25, -0.2) is 0 Å². The standard InChI is InChI=1S/C18H23BrN2O2/c19-15-4-2-1-3-13(15)16-12-21(9-10-23-16)17(22)14-11-18(14)5-7-20-8-6-18/h1-4,14,16,20H,5-12H2. The van der Waals surface area contributed by atoms with Gasteiger partial charge in [-0.3, -0.25) is 4.79 Å². The minimum atomic E-state index is -0.0222. The third-order valence-corrected chi connectivity index (χ3v) is 6.44. The van der Waals surface area contributed by atoms with Crippen molar-refractivity contribution < 1.29 is 9.53 Å². The molecule has 3 aliphatic rings. The van der Waals surface area contributed by atoms with Gasteiger partial charge in [-0.2, -0.15) is 0 Å². The van der Waals surface area contributed by atoms with E-state index in [2.05, 4.69) is 27.3 Å². The highest BCUT2D eigenvalue weighted by molar-refractivity contribution is 9.10. The number of nitrogens with zero attached hydrogens (tertiary/aromatic N) is 1. The molecule has 1 aliphatic carbocycles. The Labute approximate surface area is 145 Å². The van der Waals surface area contributed by atoms with Crippen molar-refractivity contribution in [2.45, 2.75) is 25.4 Å². The van der Waals surface area contributed by atoms with Gasteiger partial charge >= 0.3 is 0 Å². The van der Waals surface area contributed by atoms with Gasteiger partial charge in [0, 0.05) is 16.9 Å². The van der Waals surface area contributed by atoms with Crippen molar-refractivity contribution in [2.75, 3.05) is 32.8 Å². The summed E-state index contributed by atoms with van der Waals surface area (Å²) in [7, 11) is 0. The number of carbonyl (C=O) groups is 1. The van der Waals surface area contributed by atoms with Crippen LogP contribution in [0.25, 0.3) is 0 Å². The third-order valence-electron chi connectivity index (χ3n) is 5.72. The quantitative estimate of drug-likeness (QED) is 0.859. The summed E-state index contributed by atoms with van der Waals surface area (Å²) in [5.74, 6) is 0.606. The molecule has 1 amide bonds. The fourth-order valence-corrected chi connectivity index (χ4v) is 4.71. The minimum absolute atomic E-state index is 0.0222. The molecule has 1 spiro atoms. The molecule has 0 bridgehead atoms. The zero-order valence-corrected chi connectivity index (χ0v) is 14.8. The molecule has 1 saturated carbocycles. The molecule has 2 atom stereocenters. The third kappa shape index (κ3) is 2.94. The lowest BCUT2D eigenvalue weighted by molar-refractivity contribution is -0.141. The molecule has 124 valence electrons. The van der Waals surface area contributed by atoms with Crippen LogP contribution in [0, 0.1) is 11.3 Å². The van der Waals surface area contributed by atoms with Crippen molar-refractivity contribution in [3.63, 3.8) is 0 Å². The molecule has 23 heavy (non-hydrogen) atoms. The highest BCUT2D eigenvalue weighted by atomic mass is 79.9. The second-order valence-corrected chi connectivity index (χ2v) is 7.89. The van der Waals surface area contributed by atoms with Crippen LogP contribution in [0.2, 0.25) is 0 Å². The van der Waals surface area contributed by atoms with Crippen molar-refractivity contribution >= 4 is 21.8 Å². The molecule has 1 aromatic rings. The molecule has 0 aromatic heterocycles. The van der Waals surface area contributed by atoms with E-state index in [1.54, 1.807) is 0 Å². The minimum Gasteiger partial charge on any atom is -0.370 e. The number of rotatable bonds is 2. The maximum atomic E-state index is 12.9. The first-order valence-electron chi connectivity index (χ1n) is 8.55. The van der Waals surface area contributed by atoms with Crippen LogP contribution in [-0.4, -0.2) is 43.6 Å². The predicted molar refractivity (Wildman–Crippen MR) is 92.1 cm³/mol. The number of ether oxygens (including phenoxy) is 1. The van der Waals surface area contributed by atoms with Gasteiger partial charge in [0.15, 0.2) is 0 Å². The number of halogens is 1. The average molecular weight is 379 g/mol. The van der Waals surface area contributed by atoms with E-state index in [4.69, 9.17) is 4.74 Å². The maximum absolute atomic E-state index is 12.9. The molecular formula is C18H23BrN2O2. The highest BCUT2D eigenvalue weighted by Crippen LogP contribution is 2.59. The van der Waals surface area contributed by atoms with Gasteiger partial charge in [-0.05, 0) is 49.4 Å². The topological polar surface area (TPSA) is 41.6 Å². The van der Waals surface area contributed by atoms with Gasteiger partial charge in [0.2, 0.25) is 5.91 Å². The van der Waals surface area contributed by atoms with E-state index in [1.165, 1.54) is 0 Å². The van der Waals surface area contributed by atoms with Gasteiger partial charge in [-0.1, -0.05) is 34.1 Å². The monoisotopic (exact) mass is 378 g/mol. The largest absolute Gasteiger partial charge is 0.370 e. The van der Waals surface area contributed by atoms with Crippen molar-refractivity contribution in [2.24, 2.45) is 11.3 Å². The van der Waals surface area contributed by atoms with Gasteiger partial charge in [-0.15, -0.1) is 0 Å². The fourth-order valence-electron chi connectivity index (χ4n) is 4.17. The number of piperidine rings is 1. The number of hydrogen-bond donors (Lipinski definition) is 1. The number of carbonyl (C=O) groups excluding carboxylic acids is 1. The van der Waals surface area contributed by atoms with E-state index in [-0.39, 0.29) is 12.0 Å². The summed E-state index contributed by atoms with van der Waals surface area (Å²) in [6, 6.07) is 8.14. The Hall–Kier alpha value is -0.910. The van der Waals surface area contributed by atoms with E-state index in [9.17, 15) is 4.79 Å². The average Bonchev–Trinajstić information content (AvgIpc) is 3.28. The fraction of sp³-hybridized carbons (Fsp3) is 0.611. The zero-order chi connectivity index (χ0) is 15.9. The first-order chi connectivity index (χ1) is 11.2. The van der Waals surface area contributed by atoms with Crippen LogP contribution < -0.4 is 5.32 Å². The molecule has 3 fully saturated rings. The number of hydrogen-bond acceptors (Lipinski definition) is 3. The van der Waals surface area contributed by atoms with E-state index in [0.717, 1.165) is 48.9 Å². The number of benzene rings is 1. The molecular weight excluding hydrogens is 356 g/mol. The summed E-state index contributed by atoms with van der Waals surface area (Å²) in [5, 5.41) is 3.40. The van der Waals surface area contributed by atoms with Gasteiger partial charge in [0.05, 0.1) is 13.2 Å². The molecule has 4 nitrogen and oxygen atoms in total. The van der Waals surface area contributed by atoms with Gasteiger partial charge < -0.3 is 15.0 Å². The number of morpholine rings is 1. The summed E-state index contributed by atoms with van der Waals surface area (Å²) in [6.07, 6.45) is 3.37. The second kappa shape index (κ2) is 6.19. The molecule has 2 saturated heterocycles. The number of nitrogens with one attached hydrogen (secondary N) is 1. The molecule has 1 N–H and O–H groups in total. The molecule has 4 rings (SSSR count). The van der Waals surface area contributed by atoms with Gasteiger partial charge in [0.25, 0.3) is 0 Å². The van der Waals surface area contributed by atoms with Crippen LogP contribution in [0.3, 0.4) is 0 Å². The first-order valence-corrected chi connectivity index (χ1v) is 9.34. The Morgan fingerprint density at radius 1 is 1.30 bits per heavy atom. The summed E-state index contributed by atoms with van der Waals surface area (Å²) in [4.78, 5) is 15.0. The van der Waals surface area contributed by atoms with E-state index in [0.29, 0.717) is 24.5 Å². The van der Waals surface area contributed by atoms with Crippen LogP contribution >= 0.6 is 15.9 Å². The second-order valence-electron chi connectivity index (χ2n) is 7.03. The Morgan fingerprint density at radius 3 is 2.87 bits per heavy atom. The Kier molecular flexibility index (Phi) is 4.20. The molecule has 0 radical (unpaired) electrons. The Balaban J connectivity index is 1.44. The lowest BCUT2D eigenvalue weighted by atomic mass is 9.91. The lowest BCUT2D eigenvalue weighted by Crippen LogP contribution is -2.44. The maximum Gasteiger partial charge on any atom is 0.226 e. The van der Waals surface area contributed by atoms with E-state index >= 15 is 0 Å². The Bertz CT molecular complexity index is 600. The SMILES string of the molecule is O=C(C1CC12CCNCC2)N1CCOC(c2ccccc2Br)C1. The normalized spacial score (nSPS) is 29.5. The highest BCUT2D eigenvalue weighted by Gasteiger charge is 2.58. The van der Waals surface area contributed by atoms with Crippen LogP contribution in [0.5, 0.6) is 0 Å². The van der Waals surface area contributed by atoms with Crippen LogP contribution in [0.4, 0.5) is 0 Å². The van der Waals surface area contributed by atoms with Crippen LogP contribution in [-0.2, 0) is 9.53 Å². The van der Waals surface area contributed by atoms with Gasteiger partial charge in [0.1, 0.15) is 6.10 Å². The first kappa shape index (κ1) is 15.6. The van der Waals surface area contributed by atoms with E-state index in [1.807, 2.05) is 23.1 Å². The molecule has 2 aliphatic heterocycles. The smallest absolute Gasteiger partial charge is 0.226 e. The van der Waals surface area contributed by atoms with Crippen LogP contribution in [0.1, 0.15) is 30.9 Å². The summed E-state index contributed by atoms with van der Waals surface area (Å²) in [5.41, 5.74) is 1.45. The summed E-state index contributed by atoms with van der Waals surface area (Å²) in [6.45, 7) is 4.15. The Morgan fingerprint density at radius 2 is 2.09 bits per heavy atom. The van der Waals surface area contributed by atoms with E-state index < -0.39 is 0 Å². The van der Waals surface area contributed by atoms with Crippen molar-refractivity contribution in [1.82, 2.24) is 10.2 Å². The summed E-state index contributed by atoms with van der Waals surface area (Å²) >= 11 is 3.60. The lowest BCUT2D eigenvalue weighted by Gasteiger charge is -2.34. The number of amides is 1. The molecule has 1 aromatic carbocycles. The predicted octanol–water partition coefficient (Wildman–Crippen LogP) is 2.74. The zero-order valence-electron chi connectivity index (χ0n) is 13.3. The summed E-state index contributed by atoms with van der Waals surface area (Å²) < 4.78 is 6.98. The van der Waals surface area contributed by atoms with Crippen molar-refractivity contribution in [1.29, 1.82) is 0 Å². The van der Waals surface area contributed by atoms with Crippen molar-refractivity contribution in [3.8, 4) is 0 Å². The molecule has 2 heterocycles. The molecule has 5 heteroatoms. The van der Waals surface area contributed by atoms with Crippen molar-refractivity contribution in [3.05, 3.63) is 34.3 Å². The molecule has 2 unspecified atom stereocenters. The van der Waals surface area contributed by atoms with Crippen LogP contribution in [0.15, 0.2) is 28.7 Å².